The molecule has 2 aromatic heterocycles. The van der Waals surface area contributed by atoms with Gasteiger partial charge >= 0.3 is 0 Å². The third-order valence-electron chi connectivity index (χ3n) is 4.91. The molecule has 1 aliphatic rings. The first kappa shape index (κ1) is 18.0. The zero-order valence-electron chi connectivity index (χ0n) is 14.9. The van der Waals surface area contributed by atoms with Crippen LogP contribution in [0.15, 0.2) is 35.6 Å². The van der Waals surface area contributed by atoms with E-state index in [4.69, 9.17) is 10.00 Å². The average molecular weight is 396 g/mol. The summed E-state index contributed by atoms with van der Waals surface area (Å²) in [6.45, 7) is 2.48. The summed E-state index contributed by atoms with van der Waals surface area (Å²) >= 11 is 0. The first-order chi connectivity index (χ1) is 13.4. The Labute approximate surface area is 161 Å². The molecule has 9 nitrogen and oxygen atoms in total. The number of benzene rings is 1. The van der Waals surface area contributed by atoms with E-state index >= 15 is 0 Å². The number of rotatable bonds is 5. The summed E-state index contributed by atoms with van der Waals surface area (Å²) in [4.78, 5) is 2.95. The molecule has 0 saturated carbocycles. The van der Waals surface area contributed by atoms with E-state index < -0.39 is 15.6 Å². The molecule has 4 rings (SSSR count). The molecule has 3 heterocycles. The lowest BCUT2D eigenvalue weighted by Gasteiger charge is -2.39. The highest BCUT2D eigenvalue weighted by Crippen LogP contribution is 2.32. The number of aromatic amines is 1. The quantitative estimate of drug-likeness (QED) is 0.677. The molecular formula is C18H16N6O3S. The van der Waals surface area contributed by atoms with Crippen LogP contribution in [0.25, 0.3) is 10.9 Å². The van der Waals surface area contributed by atoms with Gasteiger partial charge in [-0.05, 0) is 18.6 Å². The van der Waals surface area contributed by atoms with Gasteiger partial charge in [0.05, 0.1) is 48.7 Å². The summed E-state index contributed by atoms with van der Waals surface area (Å²) in [7, 11) is -3.91. The Balaban J connectivity index is 1.69. The highest BCUT2D eigenvalue weighted by Gasteiger charge is 2.42. The van der Waals surface area contributed by atoms with Gasteiger partial charge in [-0.15, -0.1) is 0 Å². The first-order valence-electron chi connectivity index (χ1n) is 8.44. The molecule has 142 valence electrons. The SMILES string of the molecule is Cc1ccc(NS(=O)(=O)c2cnn(C3(CC#N)COC3)c2)c2[nH]cc(C#N)c12. The fraction of sp³-hybridized carbons (Fsp3) is 0.278. The zero-order chi connectivity index (χ0) is 19.9. The Bertz CT molecular complexity index is 1250. The molecule has 2 N–H and O–H groups in total. The van der Waals surface area contributed by atoms with Crippen LogP contribution in [0.5, 0.6) is 0 Å². The monoisotopic (exact) mass is 396 g/mol. The Hall–Kier alpha value is -3.34. The second kappa shape index (κ2) is 6.37. The first-order valence-corrected chi connectivity index (χ1v) is 9.92. The van der Waals surface area contributed by atoms with Gasteiger partial charge in [0.25, 0.3) is 10.0 Å². The van der Waals surface area contributed by atoms with Crippen LogP contribution in [-0.2, 0) is 20.3 Å². The number of nitriles is 2. The Kier molecular flexibility index (Phi) is 4.11. The van der Waals surface area contributed by atoms with Crippen LogP contribution >= 0.6 is 0 Å². The summed E-state index contributed by atoms with van der Waals surface area (Å²) in [6.07, 6.45) is 4.39. The molecule has 0 unspecified atom stereocenters. The van der Waals surface area contributed by atoms with Crippen LogP contribution in [0, 0.1) is 29.6 Å². The molecule has 1 fully saturated rings. The van der Waals surface area contributed by atoms with Crippen molar-refractivity contribution in [3.05, 3.63) is 41.9 Å². The number of fused-ring (bicyclic) bond motifs is 1. The van der Waals surface area contributed by atoms with Gasteiger partial charge in [0, 0.05) is 17.8 Å². The van der Waals surface area contributed by atoms with E-state index in [2.05, 4.69) is 26.9 Å². The van der Waals surface area contributed by atoms with Crippen LogP contribution in [0.1, 0.15) is 17.5 Å². The standard InChI is InChI=1S/C18H16N6O3S/c1-12-2-3-15(17-16(12)13(6-20)7-21-17)23-28(25,26)14-8-22-24(9-14)18(4-5-19)10-27-11-18/h2-3,7-9,21,23H,4,10-11H2,1H3. The maximum Gasteiger partial charge on any atom is 0.265 e. The highest BCUT2D eigenvalue weighted by atomic mass is 32.2. The maximum atomic E-state index is 12.9. The second-order valence-corrected chi connectivity index (χ2v) is 8.45. The van der Waals surface area contributed by atoms with E-state index in [1.54, 1.807) is 18.3 Å². The second-order valence-electron chi connectivity index (χ2n) is 6.77. The van der Waals surface area contributed by atoms with Crippen LogP contribution in [0.2, 0.25) is 0 Å². The number of aromatic nitrogens is 3. The molecule has 0 spiro atoms. The maximum absolute atomic E-state index is 12.9. The normalized spacial score (nSPS) is 15.5. The number of anilines is 1. The third kappa shape index (κ3) is 2.71. The summed E-state index contributed by atoms with van der Waals surface area (Å²) in [5.74, 6) is 0. The van der Waals surface area contributed by atoms with Crippen molar-refractivity contribution in [2.75, 3.05) is 17.9 Å². The Morgan fingerprint density at radius 2 is 2.18 bits per heavy atom. The van der Waals surface area contributed by atoms with Gasteiger partial charge in [0.1, 0.15) is 16.5 Å². The number of hydrogen-bond acceptors (Lipinski definition) is 6. The molecule has 10 heteroatoms. The van der Waals surface area contributed by atoms with Crippen molar-refractivity contribution >= 4 is 26.6 Å². The van der Waals surface area contributed by atoms with Crippen molar-refractivity contribution in [3.8, 4) is 12.1 Å². The van der Waals surface area contributed by atoms with Crippen LogP contribution in [0.3, 0.4) is 0 Å². The Morgan fingerprint density at radius 1 is 1.39 bits per heavy atom. The van der Waals surface area contributed by atoms with Gasteiger partial charge in [-0.25, -0.2) is 8.42 Å². The number of sulfonamides is 1. The number of nitrogens with one attached hydrogen (secondary N) is 2. The predicted octanol–water partition coefficient (Wildman–Crippen LogP) is 1.98. The summed E-state index contributed by atoms with van der Waals surface area (Å²) in [6, 6.07) is 7.59. The lowest BCUT2D eigenvalue weighted by Crippen LogP contribution is -2.51. The van der Waals surface area contributed by atoms with Gasteiger partial charge < -0.3 is 9.72 Å². The topological polar surface area (TPSA) is 137 Å². The number of H-pyrrole nitrogens is 1. The molecule has 28 heavy (non-hydrogen) atoms. The van der Waals surface area contributed by atoms with E-state index in [1.807, 2.05) is 6.92 Å². The Morgan fingerprint density at radius 3 is 2.82 bits per heavy atom. The highest BCUT2D eigenvalue weighted by molar-refractivity contribution is 7.92. The smallest absolute Gasteiger partial charge is 0.265 e. The van der Waals surface area contributed by atoms with Crippen molar-refractivity contribution in [1.82, 2.24) is 14.8 Å². The third-order valence-corrected chi connectivity index (χ3v) is 6.23. The van der Waals surface area contributed by atoms with Gasteiger partial charge in [-0.3, -0.25) is 9.40 Å². The molecule has 3 aromatic rings. The van der Waals surface area contributed by atoms with Crippen LogP contribution in [0.4, 0.5) is 5.69 Å². The van der Waals surface area contributed by atoms with E-state index in [-0.39, 0.29) is 11.3 Å². The van der Waals surface area contributed by atoms with E-state index in [1.165, 1.54) is 17.1 Å². The summed E-state index contributed by atoms with van der Waals surface area (Å²) < 4.78 is 35.0. The number of ether oxygens (including phenoxy) is 1. The van der Waals surface area contributed by atoms with Crippen molar-refractivity contribution in [3.63, 3.8) is 0 Å². The lowest BCUT2D eigenvalue weighted by atomic mass is 9.94. The van der Waals surface area contributed by atoms with Gasteiger partial charge in [0.15, 0.2) is 0 Å². The largest absolute Gasteiger partial charge is 0.376 e. The molecule has 0 amide bonds. The molecule has 0 aliphatic carbocycles. The molecule has 1 aliphatic heterocycles. The van der Waals surface area contributed by atoms with Crippen molar-refractivity contribution in [2.24, 2.45) is 0 Å². The molecule has 1 saturated heterocycles. The van der Waals surface area contributed by atoms with E-state index in [0.717, 1.165) is 5.56 Å². The average Bonchev–Trinajstić information content (AvgIpc) is 3.28. The fourth-order valence-corrected chi connectivity index (χ4v) is 4.30. The minimum absolute atomic E-state index is 0.0162. The number of hydrogen-bond donors (Lipinski definition) is 2. The van der Waals surface area contributed by atoms with E-state index in [9.17, 15) is 13.7 Å². The molecule has 1 aromatic carbocycles. The van der Waals surface area contributed by atoms with E-state index in [0.29, 0.717) is 35.4 Å². The number of nitrogens with zero attached hydrogens (tertiary/aromatic N) is 4. The minimum Gasteiger partial charge on any atom is -0.376 e. The zero-order valence-corrected chi connectivity index (χ0v) is 15.7. The van der Waals surface area contributed by atoms with Crippen molar-refractivity contribution in [2.45, 2.75) is 23.8 Å². The summed E-state index contributed by atoms with van der Waals surface area (Å²) in [5.41, 5.74) is 1.58. The minimum atomic E-state index is -3.91. The molecule has 0 bridgehead atoms. The lowest BCUT2D eigenvalue weighted by molar-refractivity contribution is -0.104. The van der Waals surface area contributed by atoms with Crippen molar-refractivity contribution < 1.29 is 13.2 Å². The molecule has 0 radical (unpaired) electrons. The van der Waals surface area contributed by atoms with Crippen LogP contribution in [-0.4, -0.2) is 36.4 Å². The van der Waals surface area contributed by atoms with Gasteiger partial charge in [-0.1, -0.05) is 6.07 Å². The van der Waals surface area contributed by atoms with Crippen LogP contribution < -0.4 is 4.72 Å². The predicted molar refractivity (Wildman–Crippen MR) is 99.8 cm³/mol. The van der Waals surface area contributed by atoms with Gasteiger partial charge in [0.2, 0.25) is 0 Å². The van der Waals surface area contributed by atoms with Crippen molar-refractivity contribution in [1.29, 1.82) is 10.5 Å². The summed E-state index contributed by atoms with van der Waals surface area (Å²) in [5, 5.41) is 23.1. The van der Waals surface area contributed by atoms with Gasteiger partial charge in [-0.2, -0.15) is 15.6 Å². The number of aryl methyl sites for hydroxylation is 1. The fourth-order valence-electron chi connectivity index (χ4n) is 3.30. The molecular weight excluding hydrogens is 380 g/mol. The molecule has 0 atom stereocenters.